The molecule has 5 nitrogen and oxygen atoms in total. The van der Waals surface area contributed by atoms with Gasteiger partial charge >= 0.3 is 6.09 Å². The van der Waals surface area contributed by atoms with Crippen LogP contribution in [0.3, 0.4) is 0 Å². The van der Waals surface area contributed by atoms with E-state index in [-0.39, 0.29) is 5.04 Å². The molecular weight excluding hydrogens is 346 g/mol. The highest BCUT2D eigenvalue weighted by Gasteiger charge is 2.39. The average Bonchev–Trinajstić information content (AvgIpc) is 2.53. The molecule has 0 radical (unpaired) electrons. The van der Waals surface area contributed by atoms with E-state index in [9.17, 15) is 9.90 Å². The van der Waals surface area contributed by atoms with Crippen molar-refractivity contribution in [2.24, 2.45) is 5.92 Å². The fourth-order valence-electron chi connectivity index (χ4n) is 3.23. The lowest BCUT2D eigenvalue weighted by molar-refractivity contribution is 0.194. The number of fused-ring (bicyclic) bond motifs is 1. The van der Waals surface area contributed by atoms with Crippen LogP contribution in [0.2, 0.25) is 18.1 Å². The number of carbonyl (C=O) groups is 1. The third kappa shape index (κ3) is 4.93. The third-order valence-electron chi connectivity index (χ3n) is 5.89. The van der Waals surface area contributed by atoms with Crippen molar-refractivity contribution in [2.45, 2.75) is 71.0 Å². The summed E-state index contributed by atoms with van der Waals surface area (Å²) in [6.45, 7) is 11.5. The van der Waals surface area contributed by atoms with Gasteiger partial charge in [-0.15, -0.1) is 0 Å². The van der Waals surface area contributed by atoms with Gasteiger partial charge in [0.05, 0.1) is 0 Å². The fourth-order valence-corrected chi connectivity index (χ4v) is 4.25. The van der Waals surface area contributed by atoms with E-state index in [1.807, 2.05) is 6.07 Å². The molecule has 0 spiro atoms. The van der Waals surface area contributed by atoms with Crippen LogP contribution in [0.5, 0.6) is 11.5 Å². The maximum Gasteiger partial charge on any atom is 0.404 e. The molecule has 1 amide bonds. The minimum Gasteiger partial charge on any atom is -0.541 e. The van der Waals surface area contributed by atoms with Crippen LogP contribution in [0, 0.1) is 5.92 Å². The van der Waals surface area contributed by atoms with Crippen molar-refractivity contribution >= 4 is 14.4 Å². The number of phenols is 1. The van der Waals surface area contributed by atoms with E-state index in [1.165, 1.54) is 5.56 Å². The molecule has 2 rings (SSSR count). The predicted octanol–water partition coefficient (Wildman–Crippen LogP) is 4.93. The summed E-state index contributed by atoms with van der Waals surface area (Å²) in [6.07, 6.45) is 3.71. The molecule has 6 heteroatoms. The number of aromatic hydroxyl groups is 1. The number of amides is 1. The van der Waals surface area contributed by atoms with Gasteiger partial charge in [0.25, 0.3) is 8.32 Å². The molecule has 3 N–H and O–H groups in total. The van der Waals surface area contributed by atoms with Crippen LogP contribution in [0.25, 0.3) is 0 Å². The van der Waals surface area contributed by atoms with Gasteiger partial charge in [0, 0.05) is 12.1 Å². The summed E-state index contributed by atoms with van der Waals surface area (Å²) >= 11 is 0. The van der Waals surface area contributed by atoms with E-state index < -0.39 is 14.4 Å². The van der Waals surface area contributed by atoms with Crippen LogP contribution in [-0.2, 0) is 12.8 Å². The molecule has 0 heterocycles. The second kappa shape index (κ2) is 7.90. The number of hydrogen-bond donors (Lipinski definition) is 3. The molecule has 1 aliphatic carbocycles. The lowest BCUT2D eigenvalue weighted by Crippen LogP contribution is -2.43. The molecule has 1 aliphatic rings. The van der Waals surface area contributed by atoms with Gasteiger partial charge in [-0.3, -0.25) is 0 Å². The second-order valence-electron chi connectivity index (χ2n) is 8.90. The molecule has 0 aromatic heterocycles. The van der Waals surface area contributed by atoms with Gasteiger partial charge in [0.15, 0.2) is 5.75 Å². The summed E-state index contributed by atoms with van der Waals surface area (Å²) in [5.74, 6) is 1.49. The Balaban J connectivity index is 2.03. The van der Waals surface area contributed by atoms with Crippen LogP contribution in [0.15, 0.2) is 12.1 Å². The number of phenolic OH excluding ortho intramolecular Hbond substituents is 1. The van der Waals surface area contributed by atoms with Crippen LogP contribution >= 0.6 is 0 Å². The highest BCUT2D eigenvalue weighted by atomic mass is 28.4. The monoisotopic (exact) mass is 379 g/mol. The number of nitrogens with one attached hydrogen (secondary N) is 1. The van der Waals surface area contributed by atoms with Gasteiger partial charge in [0.2, 0.25) is 0 Å². The van der Waals surface area contributed by atoms with Crippen molar-refractivity contribution in [3.05, 3.63) is 23.3 Å². The van der Waals surface area contributed by atoms with Crippen LogP contribution in [0.1, 0.15) is 51.2 Å². The highest BCUT2D eigenvalue weighted by molar-refractivity contribution is 6.74. The van der Waals surface area contributed by atoms with Crippen molar-refractivity contribution in [1.29, 1.82) is 0 Å². The largest absolute Gasteiger partial charge is 0.541 e. The van der Waals surface area contributed by atoms with Gasteiger partial charge in [-0.05, 0) is 67.8 Å². The van der Waals surface area contributed by atoms with Crippen molar-refractivity contribution in [1.82, 2.24) is 5.32 Å². The summed E-state index contributed by atoms with van der Waals surface area (Å²) in [7, 11) is -1.98. The molecule has 0 unspecified atom stereocenters. The zero-order valence-corrected chi connectivity index (χ0v) is 17.7. The van der Waals surface area contributed by atoms with Crippen LogP contribution < -0.4 is 9.74 Å². The second-order valence-corrected chi connectivity index (χ2v) is 13.6. The maximum atomic E-state index is 10.7. The number of hydrogen-bond acceptors (Lipinski definition) is 3. The first-order valence-electron chi connectivity index (χ1n) is 9.51. The van der Waals surface area contributed by atoms with E-state index in [0.29, 0.717) is 24.0 Å². The Kier molecular flexibility index (Phi) is 6.27. The van der Waals surface area contributed by atoms with Gasteiger partial charge < -0.3 is 20.0 Å². The van der Waals surface area contributed by atoms with Crippen molar-refractivity contribution in [3.63, 3.8) is 0 Å². The predicted molar refractivity (Wildman–Crippen MR) is 107 cm³/mol. The quantitative estimate of drug-likeness (QED) is 0.484. The van der Waals surface area contributed by atoms with Crippen LogP contribution in [-0.4, -0.2) is 31.2 Å². The van der Waals surface area contributed by atoms with E-state index in [2.05, 4.69) is 45.2 Å². The first-order valence-corrected chi connectivity index (χ1v) is 12.4. The van der Waals surface area contributed by atoms with Crippen molar-refractivity contribution < 1.29 is 19.4 Å². The molecule has 0 fully saturated rings. The summed E-state index contributed by atoms with van der Waals surface area (Å²) in [4.78, 5) is 10.5. The molecular formula is C20H33NO4Si. The number of rotatable bonds is 6. The molecule has 1 aromatic carbocycles. The van der Waals surface area contributed by atoms with Crippen molar-refractivity contribution in [2.75, 3.05) is 6.54 Å². The van der Waals surface area contributed by atoms with E-state index in [4.69, 9.17) is 9.53 Å². The fraction of sp³-hybridized carbons (Fsp3) is 0.650. The Morgan fingerprint density at radius 3 is 2.65 bits per heavy atom. The van der Waals surface area contributed by atoms with Gasteiger partial charge in [0.1, 0.15) is 5.75 Å². The molecule has 0 aliphatic heterocycles. The Labute approximate surface area is 157 Å². The zero-order valence-electron chi connectivity index (χ0n) is 16.7. The minimum absolute atomic E-state index is 0.0877. The summed E-state index contributed by atoms with van der Waals surface area (Å²) in [6, 6.07) is 4.02. The van der Waals surface area contributed by atoms with E-state index in [0.717, 1.165) is 37.7 Å². The maximum absolute atomic E-state index is 10.7. The molecule has 146 valence electrons. The molecule has 1 aromatic rings. The summed E-state index contributed by atoms with van der Waals surface area (Å²) in [5.41, 5.74) is 2.23. The molecule has 0 saturated carbocycles. The van der Waals surface area contributed by atoms with E-state index >= 15 is 0 Å². The van der Waals surface area contributed by atoms with E-state index in [1.54, 1.807) is 0 Å². The van der Waals surface area contributed by atoms with Gasteiger partial charge in [-0.25, -0.2) is 4.79 Å². The van der Waals surface area contributed by atoms with Crippen LogP contribution in [0.4, 0.5) is 4.79 Å². The average molecular weight is 380 g/mol. The highest BCUT2D eigenvalue weighted by Crippen LogP contribution is 2.43. The SMILES string of the molecule is CC(C)(C)[Si](C)(C)Oc1ccc2c(c1O)CC[C@@H](CCCNC(=O)O)C2. The Morgan fingerprint density at radius 1 is 1.35 bits per heavy atom. The topological polar surface area (TPSA) is 78.8 Å². The number of benzene rings is 1. The normalized spacial score (nSPS) is 17.5. The lowest BCUT2D eigenvalue weighted by atomic mass is 9.81. The molecule has 0 saturated heterocycles. The summed E-state index contributed by atoms with van der Waals surface area (Å²) < 4.78 is 6.32. The minimum atomic E-state index is -1.98. The lowest BCUT2D eigenvalue weighted by Gasteiger charge is -2.37. The first-order chi connectivity index (χ1) is 12.0. The zero-order chi connectivity index (χ0) is 19.5. The standard InChI is InChI=1S/C20H33NO4Si/c1-20(2,3)26(4,5)25-17-11-9-15-13-14(7-6-12-21-19(23)24)8-10-16(15)18(17)22/h9,11,14,21-22H,6-8,10,12-13H2,1-5H3,(H,23,24)/t14-/m1/s1. The smallest absolute Gasteiger partial charge is 0.404 e. The summed E-state index contributed by atoms with van der Waals surface area (Å²) in [5, 5.41) is 21.9. The molecule has 1 atom stereocenters. The van der Waals surface area contributed by atoms with Crippen molar-refractivity contribution in [3.8, 4) is 11.5 Å². The Hall–Kier alpha value is -1.69. The molecule has 0 bridgehead atoms. The third-order valence-corrected chi connectivity index (χ3v) is 10.2. The Bertz CT molecular complexity index is 652. The van der Waals surface area contributed by atoms with Gasteiger partial charge in [-0.2, -0.15) is 0 Å². The molecule has 26 heavy (non-hydrogen) atoms. The first kappa shape index (κ1) is 20.6. The van der Waals surface area contributed by atoms with Gasteiger partial charge in [-0.1, -0.05) is 26.8 Å². The Morgan fingerprint density at radius 2 is 2.04 bits per heavy atom. The number of carboxylic acid groups (broad SMARTS) is 1.